The lowest BCUT2D eigenvalue weighted by Crippen LogP contribution is -2.29. The highest BCUT2D eigenvalue weighted by atomic mass is 35.5. The van der Waals surface area contributed by atoms with Crippen LogP contribution in [0.15, 0.2) is 34.9 Å². The number of aryl methyl sites for hydroxylation is 2. The smallest absolute Gasteiger partial charge is 0.138 e. The van der Waals surface area contributed by atoms with Gasteiger partial charge in [0.05, 0.1) is 5.69 Å². The molecule has 0 amide bonds. The van der Waals surface area contributed by atoms with Crippen molar-refractivity contribution in [1.82, 2.24) is 10.1 Å². The summed E-state index contributed by atoms with van der Waals surface area (Å²) in [5.74, 6) is 0.896. The van der Waals surface area contributed by atoms with E-state index in [9.17, 15) is 0 Å². The monoisotopic (exact) mass is 295 g/mol. The molecule has 0 saturated carbocycles. The summed E-state index contributed by atoms with van der Waals surface area (Å²) in [7, 11) is 0. The lowest BCUT2D eigenvalue weighted by atomic mass is 10.1. The molecule has 5 heteroatoms. The summed E-state index contributed by atoms with van der Waals surface area (Å²) < 4.78 is 5.22. The topological polar surface area (TPSA) is 55.3 Å². The molecule has 1 aromatic heterocycles. The molecule has 0 unspecified atom stereocenters. The number of nitrogens with two attached hydrogens (primary N) is 1. The molecule has 2 N–H and O–H groups in total. The van der Waals surface area contributed by atoms with Gasteiger partial charge in [0.2, 0.25) is 0 Å². The van der Waals surface area contributed by atoms with E-state index >= 15 is 0 Å². The van der Waals surface area contributed by atoms with E-state index in [-0.39, 0.29) is 12.4 Å². The van der Waals surface area contributed by atoms with Crippen molar-refractivity contribution in [3.63, 3.8) is 0 Å². The Kier molecular flexibility index (Phi) is 6.71. The minimum absolute atomic E-state index is 0. The van der Waals surface area contributed by atoms with Gasteiger partial charge in [-0.3, -0.25) is 4.90 Å². The highest BCUT2D eigenvalue weighted by Crippen LogP contribution is 2.16. The Labute approximate surface area is 126 Å². The summed E-state index contributed by atoms with van der Waals surface area (Å²) in [6.45, 7) is 7.16. The molecule has 0 spiro atoms. The predicted octanol–water partition coefficient (Wildman–Crippen LogP) is 2.67. The van der Waals surface area contributed by atoms with Crippen molar-refractivity contribution in [1.29, 1.82) is 0 Å². The van der Waals surface area contributed by atoms with Crippen LogP contribution in [0.25, 0.3) is 0 Å². The Hall–Kier alpha value is -1.36. The van der Waals surface area contributed by atoms with Gasteiger partial charge in [0.25, 0.3) is 0 Å². The lowest BCUT2D eigenvalue weighted by Gasteiger charge is -2.21. The molecule has 2 rings (SSSR count). The Bertz CT molecular complexity index is 494. The van der Waals surface area contributed by atoms with E-state index in [4.69, 9.17) is 10.3 Å². The zero-order valence-electron chi connectivity index (χ0n) is 12.0. The maximum absolute atomic E-state index is 5.71. The van der Waals surface area contributed by atoms with E-state index in [1.807, 2.05) is 19.9 Å². The Morgan fingerprint density at radius 1 is 1.15 bits per heavy atom. The first-order valence-electron chi connectivity index (χ1n) is 6.59. The second kappa shape index (κ2) is 8.04. The molecule has 20 heavy (non-hydrogen) atoms. The van der Waals surface area contributed by atoms with Crippen molar-refractivity contribution < 1.29 is 4.52 Å². The molecule has 1 heterocycles. The normalized spacial score (nSPS) is 10.6. The van der Waals surface area contributed by atoms with Crippen molar-refractivity contribution in [2.24, 2.45) is 5.73 Å². The molecular weight excluding hydrogens is 274 g/mol. The Morgan fingerprint density at radius 2 is 1.85 bits per heavy atom. The average Bonchev–Trinajstić information content (AvgIpc) is 2.72. The van der Waals surface area contributed by atoms with Crippen LogP contribution in [0.2, 0.25) is 0 Å². The number of halogens is 1. The van der Waals surface area contributed by atoms with Crippen molar-refractivity contribution in [2.45, 2.75) is 26.9 Å². The molecule has 0 aliphatic heterocycles. The van der Waals surface area contributed by atoms with Crippen molar-refractivity contribution in [3.8, 4) is 0 Å². The highest BCUT2D eigenvalue weighted by molar-refractivity contribution is 5.85. The third kappa shape index (κ3) is 4.34. The number of hydrogen-bond acceptors (Lipinski definition) is 4. The molecule has 2 aromatic rings. The molecule has 0 fully saturated rings. The van der Waals surface area contributed by atoms with Gasteiger partial charge in [0, 0.05) is 31.7 Å². The van der Waals surface area contributed by atoms with Gasteiger partial charge in [-0.25, -0.2) is 0 Å². The van der Waals surface area contributed by atoms with Crippen LogP contribution in [0.1, 0.15) is 22.6 Å². The minimum Gasteiger partial charge on any atom is -0.361 e. The van der Waals surface area contributed by atoms with E-state index in [0.717, 1.165) is 31.1 Å². The summed E-state index contributed by atoms with van der Waals surface area (Å²) >= 11 is 0. The van der Waals surface area contributed by atoms with E-state index in [2.05, 4.69) is 34.3 Å². The third-order valence-electron chi connectivity index (χ3n) is 3.26. The summed E-state index contributed by atoms with van der Waals surface area (Å²) in [6.07, 6.45) is 0. The average molecular weight is 296 g/mol. The quantitative estimate of drug-likeness (QED) is 0.890. The fourth-order valence-electron chi connectivity index (χ4n) is 2.19. The van der Waals surface area contributed by atoms with Crippen LogP contribution in [-0.4, -0.2) is 23.1 Å². The van der Waals surface area contributed by atoms with Gasteiger partial charge < -0.3 is 10.3 Å². The summed E-state index contributed by atoms with van der Waals surface area (Å²) in [6, 6.07) is 10.4. The fourth-order valence-corrected chi connectivity index (χ4v) is 2.19. The van der Waals surface area contributed by atoms with Gasteiger partial charge in [-0.05, 0) is 19.4 Å². The molecule has 0 atom stereocenters. The molecule has 110 valence electrons. The zero-order chi connectivity index (χ0) is 13.7. The van der Waals surface area contributed by atoms with Crippen LogP contribution in [0.3, 0.4) is 0 Å². The largest absolute Gasteiger partial charge is 0.361 e. The van der Waals surface area contributed by atoms with Crippen LogP contribution in [0.5, 0.6) is 0 Å². The summed E-state index contributed by atoms with van der Waals surface area (Å²) in [5.41, 5.74) is 9.14. The second-order valence-corrected chi connectivity index (χ2v) is 4.79. The second-order valence-electron chi connectivity index (χ2n) is 4.79. The van der Waals surface area contributed by atoms with E-state index < -0.39 is 0 Å². The third-order valence-corrected chi connectivity index (χ3v) is 3.26. The van der Waals surface area contributed by atoms with Gasteiger partial charge in [0.1, 0.15) is 5.76 Å². The molecular formula is C15H22ClN3O. The number of rotatable bonds is 6. The van der Waals surface area contributed by atoms with E-state index in [1.54, 1.807) is 0 Å². The number of nitrogens with zero attached hydrogens (tertiary/aromatic N) is 2. The minimum atomic E-state index is 0. The van der Waals surface area contributed by atoms with Gasteiger partial charge in [-0.2, -0.15) is 0 Å². The van der Waals surface area contributed by atoms with Gasteiger partial charge in [0.15, 0.2) is 0 Å². The SMILES string of the molecule is Cc1noc(C)c1CN(CCN)Cc1ccccc1.Cl. The molecule has 0 bridgehead atoms. The highest BCUT2D eigenvalue weighted by Gasteiger charge is 2.13. The number of benzene rings is 1. The molecule has 0 aliphatic rings. The first-order chi connectivity index (χ1) is 9.20. The summed E-state index contributed by atoms with van der Waals surface area (Å²) in [4.78, 5) is 2.32. The molecule has 4 nitrogen and oxygen atoms in total. The predicted molar refractivity (Wildman–Crippen MR) is 82.8 cm³/mol. The number of hydrogen-bond donors (Lipinski definition) is 1. The van der Waals surface area contributed by atoms with Gasteiger partial charge in [-0.15, -0.1) is 12.4 Å². The fraction of sp³-hybridized carbons (Fsp3) is 0.400. The van der Waals surface area contributed by atoms with Crippen LogP contribution in [0, 0.1) is 13.8 Å². The number of aromatic nitrogens is 1. The van der Waals surface area contributed by atoms with Crippen molar-refractivity contribution in [2.75, 3.05) is 13.1 Å². The van der Waals surface area contributed by atoms with Crippen molar-refractivity contribution in [3.05, 3.63) is 52.9 Å². The first kappa shape index (κ1) is 16.7. The van der Waals surface area contributed by atoms with E-state index in [1.165, 1.54) is 11.1 Å². The van der Waals surface area contributed by atoms with Crippen LogP contribution in [0.4, 0.5) is 0 Å². The zero-order valence-corrected chi connectivity index (χ0v) is 12.8. The Balaban J connectivity index is 0.00000200. The van der Waals surface area contributed by atoms with Crippen LogP contribution >= 0.6 is 12.4 Å². The standard InChI is InChI=1S/C15H21N3O.ClH/c1-12-15(13(2)19-17-12)11-18(9-8-16)10-14-6-4-3-5-7-14;/h3-7H,8-11,16H2,1-2H3;1H. The molecule has 0 saturated heterocycles. The lowest BCUT2D eigenvalue weighted by molar-refractivity contribution is 0.262. The van der Waals surface area contributed by atoms with Gasteiger partial charge in [-0.1, -0.05) is 35.5 Å². The maximum Gasteiger partial charge on any atom is 0.138 e. The molecule has 1 aromatic carbocycles. The van der Waals surface area contributed by atoms with Crippen molar-refractivity contribution >= 4 is 12.4 Å². The molecule has 0 aliphatic carbocycles. The Morgan fingerprint density at radius 3 is 2.40 bits per heavy atom. The van der Waals surface area contributed by atoms with Gasteiger partial charge >= 0.3 is 0 Å². The van der Waals surface area contributed by atoms with E-state index in [0.29, 0.717) is 6.54 Å². The molecule has 0 radical (unpaired) electrons. The van der Waals surface area contributed by atoms with Crippen LogP contribution in [-0.2, 0) is 13.1 Å². The van der Waals surface area contributed by atoms with Crippen LogP contribution < -0.4 is 5.73 Å². The summed E-state index contributed by atoms with van der Waals surface area (Å²) in [5, 5.41) is 4.00. The maximum atomic E-state index is 5.71. The first-order valence-corrected chi connectivity index (χ1v) is 6.59.